The fourth-order valence-electron chi connectivity index (χ4n) is 1.40. The lowest BCUT2D eigenvalue weighted by Gasteiger charge is -2.25. The molecule has 1 heterocycles. The number of nitrogens with two attached hydrogens (primary N) is 2. The molecule has 0 saturated carbocycles. The molecule has 0 radical (unpaired) electrons. The summed E-state index contributed by atoms with van der Waals surface area (Å²) in [7, 11) is 0. The van der Waals surface area contributed by atoms with E-state index >= 15 is 0 Å². The summed E-state index contributed by atoms with van der Waals surface area (Å²) in [5, 5.41) is 2.71. The summed E-state index contributed by atoms with van der Waals surface area (Å²) in [5.74, 6) is -0.0680. The van der Waals surface area contributed by atoms with Crippen molar-refractivity contribution in [2.75, 3.05) is 0 Å². The zero-order valence-electron chi connectivity index (χ0n) is 7.94. The lowest BCUT2D eigenvalue weighted by molar-refractivity contribution is 0.575. The number of hydrogen-bond donors (Lipinski definition) is 3. The fourth-order valence-corrected chi connectivity index (χ4v) is 1.40. The van der Waals surface area contributed by atoms with Gasteiger partial charge in [0.25, 0.3) is 0 Å². The molecule has 0 spiro atoms. The van der Waals surface area contributed by atoms with Crippen LogP contribution in [-0.2, 0) is 5.66 Å². The van der Waals surface area contributed by atoms with E-state index in [1.54, 1.807) is 24.4 Å². The van der Waals surface area contributed by atoms with Crippen LogP contribution in [0.5, 0.6) is 0 Å². The Hall–Kier alpha value is -1.88. The predicted molar refractivity (Wildman–Crippen MR) is 56.2 cm³/mol. The van der Waals surface area contributed by atoms with Crippen LogP contribution in [0.2, 0.25) is 0 Å². The van der Waals surface area contributed by atoms with Gasteiger partial charge in [-0.2, -0.15) is 0 Å². The molecule has 1 atom stereocenters. The topological polar surface area (TPSA) is 76.4 Å². The number of hydrogen-bond acceptors (Lipinski definition) is 4. The highest BCUT2D eigenvalue weighted by Crippen LogP contribution is 2.22. The standard InChI is InChI=1S/C10H11FN4/c11-8-3-1-7(2-4-8)10(13)5-6-14-9(12)15-10/h1-6H,13H2,(H3,12,14,15). The minimum absolute atomic E-state index is 0.240. The van der Waals surface area contributed by atoms with Gasteiger partial charge in [-0.15, -0.1) is 0 Å². The van der Waals surface area contributed by atoms with Gasteiger partial charge < -0.3 is 11.1 Å². The van der Waals surface area contributed by atoms with Gasteiger partial charge in [0.1, 0.15) is 5.82 Å². The Kier molecular flexibility index (Phi) is 2.17. The molecule has 0 fully saturated rings. The summed E-state index contributed by atoms with van der Waals surface area (Å²) in [5.41, 5.74) is 11.2. The zero-order chi connectivity index (χ0) is 10.9. The zero-order valence-corrected chi connectivity index (χ0v) is 7.94. The van der Waals surface area contributed by atoms with E-state index < -0.39 is 5.66 Å². The maximum Gasteiger partial charge on any atom is 0.195 e. The first kappa shape index (κ1) is 9.67. The Morgan fingerprint density at radius 2 is 1.93 bits per heavy atom. The van der Waals surface area contributed by atoms with Gasteiger partial charge in [0, 0.05) is 6.20 Å². The van der Waals surface area contributed by atoms with Gasteiger partial charge in [0.15, 0.2) is 11.6 Å². The van der Waals surface area contributed by atoms with Crippen LogP contribution in [0.1, 0.15) is 5.56 Å². The highest BCUT2D eigenvalue weighted by molar-refractivity contribution is 5.80. The molecule has 0 saturated heterocycles. The molecule has 1 aliphatic heterocycles. The molecule has 4 nitrogen and oxygen atoms in total. The molecule has 78 valence electrons. The normalized spacial score (nSPS) is 24.5. The van der Waals surface area contributed by atoms with E-state index in [0.29, 0.717) is 5.56 Å². The minimum Gasteiger partial charge on any atom is -0.370 e. The van der Waals surface area contributed by atoms with Crippen molar-refractivity contribution in [3.63, 3.8) is 0 Å². The Labute approximate surface area is 86.5 Å². The van der Waals surface area contributed by atoms with E-state index in [9.17, 15) is 4.39 Å². The summed E-state index contributed by atoms with van der Waals surface area (Å²) in [6.45, 7) is 0. The van der Waals surface area contributed by atoms with Gasteiger partial charge >= 0.3 is 0 Å². The molecule has 0 amide bonds. The number of benzene rings is 1. The van der Waals surface area contributed by atoms with E-state index in [1.807, 2.05) is 0 Å². The van der Waals surface area contributed by atoms with Crippen molar-refractivity contribution in [1.82, 2.24) is 5.32 Å². The summed E-state index contributed by atoms with van der Waals surface area (Å²) in [4.78, 5) is 4.07. The summed E-state index contributed by atoms with van der Waals surface area (Å²) in [6.07, 6.45) is 3.28. The number of guanidine groups is 1. The molecule has 1 unspecified atom stereocenters. The molecule has 0 aromatic heterocycles. The average molecular weight is 206 g/mol. The van der Waals surface area contributed by atoms with E-state index in [2.05, 4.69) is 10.3 Å². The van der Waals surface area contributed by atoms with Gasteiger partial charge in [-0.3, -0.25) is 5.73 Å². The Morgan fingerprint density at radius 1 is 1.27 bits per heavy atom. The molecule has 1 aromatic carbocycles. The number of nitrogens with one attached hydrogen (secondary N) is 1. The Bertz CT molecular complexity index is 424. The second kappa shape index (κ2) is 3.36. The van der Waals surface area contributed by atoms with Crippen molar-refractivity contribution in [3.05, 3.63) is 47.9 Å². The molecule has 5 heteroatoms. The van der Waals surface area contributed by atoms with Gasteiger partial charge in [0.05, 0.1) is 0 Å². The lowest BCUT2D eigenvalue weighted by Crippen LogP contribution is -2.42. The van der Waals surface area contributed by atoms with Crippen LogP contribution >= 0.6 is 0 Å². The van der Waals surface area contributed by atoms with Crippen molar-refractivity contribution in [2.24, 2.45) is 16.5 Å². The van der Waals surface area contributed by atoms with Crippen molar-refractivity contribution in [2.45, 2.75) is 5.66 Å². The van der Waals surface area contributed by atoms with Crippen molar-refractivity contribution < 1.29 is 4.39 Å². The third-order valence-corrected chi connectivity index (χ3v) is 2.18. The first-order chi connectivity index (χ1) is 7.10. The van der Waals surface area contributed by atoms with Crippen LogP contribution in [0.4, 0.5) is 4.39 Å². The maximum absolute atomic E-state index is 12.7. The van der Waals surface area contributed by atoms with E-state index in [0.717, 1.165) is 0 Å². The maximum atomic E-state index is 12.7. The van der Waals surface area contributed by atoms with Crippen LogP contribution in [-0.4, -0.2) is 5.96 Å². The molecule has 15 heavy (non-hydrogen) atoms. The quantitative estimate of drug-likeness (QED) is 0.621. The second-order valence-corrected chi connectivity index (χ2v) is 3.31. The largest absolute Gasteiger partial charge is 0.370 e. The number of halogens is 1. The van der Waals surface area contributed by atoms with Crippen LogP contribution in [0.25, 0.3) is 0 Å². The van der Waals surface area contributed by atoms with E-state index in [-0.39, 0.29) is 11.8 Å². The molecule has 2 rings (SSSR count). The molecular weight excluding hydrogens is 195 g/mol. The second-order valence-electron chi connectivity index (χ2n) is 3.31. The summed E-state index contributed by atoms with van der Waals surface area (Å²) >= 11 is 0. The predicted octanol–water partition coefficient (Wildman–Crippen LogP) is 0.369. The minimum atomic E-state index is -1.01. The van der Waals surface area contributed by atoms with Gasteiger partial charge in [-0.05, 0) is 23.8 Å². The highest BCUT2D eigenvalue weighted by Gasteiger charge is 2.25. The summed E-state index contributed by atoms with van der Waals surface area (Å²) in [6, 6.07) is 5.85. The van der Waals surface area contributed by atoms with Crippen molar-refractivity contribution in [3.8, 4) is 0 Å². The average Bonchev–Trinajstić information content (AvgIpc) is 2.18. The monoisotopic (exact) mass is 206 g/mol. The smallest absolute Gasteiger partial charge is 0.195 e. The molecular formula is C10H11FN4. The SMILES string of the molecule is NC1=NC(N)(c2ccc(F)cc2)C=CN1. The lowest BCUT2D eigenvalue weighted by atomic mass is 10.0. The molecule has 1 aliphatic rings. The van der Waals surface area contributed by atoms with Gasteiger partial charge in [-0.1, -0.05) is 12.1 Å². The number of aliphatic imine (C=N–C) groups is 1. The number of nitrogens with zero attached hydrogens (tertiary/aromatic N) is 1. The van der Waals surface area contributed by atoms with Gasteiger partial charge in [0.2, 0.25) is 0 Å². The Morgan fingerprint density at radius 3 is 2.53 bits per heavy atom. The summed E-state index contributed by atoms with van der Waals surface area (Å²) < 4.78 is 12.7. The van der Waals surface area contributed by atoms with Crippen LogP contribution < -0.4 is 16.8 Å². The molecule has 5 N–H and O–H groups in total. The fraction of sp³-hybridized carbons (Fsp3) is 0.100. The first-order valence-electron chi connectivity index (χ1n) is 4.45. The van der Waals surface area contributed by atoms with E-state index in [1.165, 1.54) is 12.1 Å². The van der Waals surface area contributed by atoms with Crippen molar-refractivity contribution >= 4 is 5.96 Å². The Balaban J connectivity index is 2.41. The number of rotatable bonds is 1. The van der Waals surface area contributed by atoms with Crippen LogP contribution in [0.15, 0.2) is 41.5 Å². The van der Waals surface area contributed by atoms with E-state index in [4.69, 9.17) is 11.5 Å². The highest BCUT2D eigenvalue weighted by atomic mass is 19.1. The molecule has 0 aliphatic carbocycles. The van der Waals surface area contributed by atoms with Gasteiger partial charge in [-0.25, -0.2) is 9.38 Å². The van der Waals surface area contributed by atoms with Crippen molar-refractivity contribution in [1.29, 1.82) is 0 Å². The molecule has 0 bridgehead atoms. The third-order valence-electron chi connectivity index (χ3n) is 2.18. The first-order valence-corrected chi connectivity index (χ1v) is 4.45. The molecule has 1 aromatic rings. The third kappa shape index (κ3) is 1.82. The van der Waals surface area contributed by atoms with Crippen LogP contribution in [0.3, 0.4) is 0 Å². The van der Waals surface area contributed by atoms with Crippen LogP contribution in [0, 0.1) is 5.82 Å².